The second-order valence-electron chi connectivity index (χ2n) is 20.8. The minimum absolute atomic E-state index is 0.0364. The van der Waals surface area contributed by atoms with Gasteiger partial charge >= 0.3 is 17.9 Å². The van der Waals surface area contributed by atoms with Crippen molar-refractivity contribution in [1.29, 1.82) is 0 Å². The number of cyclic esters (lactones) is 1. The van der Waals surface area contributed by atoms with Gasteiger partial charge in [-0.1, -0.05) is 50.9 Å². The van der Waals surface area contributed by atoms with Crippen LogP contribution in [0.25, 0.3) is 0 Å². The third-order valence-electron chi connectivity index (χ3n) is 15.4. The molecule has 1 aromatic carbocycles. The summed E-state index contributed by atoms with van der Waals surface area (Å²) in [6.45, 7) is 16.1. The Morgan fingerprint density at radius 3 is 2.29 bits per heavy atom. The van der Waals surface area contributed by atoms with Gasteiger partial charge < -0.3 is 58.0 Å². The summed E-state index contributed by atoms with van der Waals surface area (Å²) in [4.78, 5) is 79.4. The third kappa shape index (κ3) is 13.9. The molecular formula is C53H76Cl2N4O15S. The first-order chi connectivity index (χ1) is 35.5. The molecule has 0 aliphatic carbocycles. The van der Waals surface area contributed by atoms with Gasteiger partial charge in [0.1, 0.15) is 29.3 Å². The maximum atomic E-state index is 15.2. The fourth-order valence-corrected chi connectivity index (χ4v) is 13.0. The number of ether oxygens (including phenoxy) is 9. The van der Waals surface area contributed by atoms with E-state index in [1.54, 1.807) is 60.6 Å². The van der Waals surface area contributed by atoms with Crippen molar-refractivity contribution in [2.24, 2.45) is 29.6 Å². The Kier molecular flexibility index (Phi) is 21.1. The molecule has 0 saturated carbocycles. The van der Waals surface area contributed by atoms with Gasteiger partial charge in [0.2, 0.25) is 0 Å². The Morgan fingerprint density at radius 2 is 1.67 bits per heavy atom. The minimum Gasteiger partial charge on any atom is -0.493 e. The molecule has 5 heterocycles. The zero-order valence-electron chi connectivity index (χ0n) is 45.1. The average Bonchev–Trinajstić information content (AvgIpc) is 3.64. The quantitative estimate of drug-likeness (QED) is 0.106. The van der Waals surface area contributed by atoms with Crippen LogP contribution < -0.4 is 14.8 Å². The molecule has 2 N–H and O–H groups in total. The van der Waals surface area contributed by atoms with Gasteiger partial charge in [-0.2, -0.15) is 0 Å². The molecule has 4 aliphatic heterocycles. The highest BCUT2D eigenvalue weighted by atomic mass is 35.5. The van der Waals surface area contributed by atoms with Crippen molar-refractivity contribution in [3.05, 3.63) is 46.2 Å². The molecule has 0 bridgehead atoms. The number of rotatable bonds is 16. The first kappa shape index (κ1) is 60.4. The second-order valence-corrected chi connectivity index (χ2v) is 22.9. The number of Topliss-reactive ketones (excluding diaryl/α,β-unsaturated/α-hetero) is 1. The van der Waals surface area contributed by atoms with E-state index in [1.807, 2.05) is 30.8 Å². The molecule has 0 radical (unpaired) electrons. The largest absolute Gasteiger partial charge is 0.493 e. The summed E-state index contributed by atoms with van der Waals surface area (Å²) in [6.07, 6.45) is -2.36. The lowest BCUT2D eigenvalue weighted by Gasteiger charge is -2.48. The maximum absolute atomic E-state index is 15.2. The van der Waals surface area contributed by atoms with E-state index >= 15 is 4.79 Å². The number of aliphatic hydroxyl groups excluding tert-OH is 1. The predicted octanol–water partition coefficient (Wildman–Crippen LogP) is 6.36. The van der Waals surface area contributed by atoms with E-state index in [1.165, 1.54) is 44.4 Å². The fourth-order valence-electron chi connectivity index (χ4n) is 11.2. The molecule has 6 rings (SSSR count). The molecule has 4 aliphatic rings. The first-order valence-corrected chi connectivity index (χ1v) is 27.5. The molecule has 15 atom stereocenters. The topological polar surface area (TPSA) is 220 Å². The summed E-state index contributed by atoms with van der Waals surface area (Å²) in [5.41, 5.74) is -2.42. The summed E-state index contributed by atoms with van der Waals surface area (Å²) in [6, 6.07) is 4.31. The number of aliphatic hydroxyl groups is 1. The van der Waals surface area contributed by atoms with E-state index in [2.05, 4.69) is 10.3 Å². The molecule has 2 aromatic rings. The van der Waals surface area contributed by atoms with Crippen LogP contribution in [0.4, 0.5) is 5.69 Å². The van der Waals surface area contributed by atoms with Gasteiger partial charge in [0.15, 0.2) is 23.4 Å². The predicted molar refractivity (Wildman–Crippen MR) is 281 cm³/mol. The average molecular weight is 1110 g/mol. The number of carbonyl (C=O) groups excluding carboxylic acids is 5. The number of benzene rings is 1. The SMILES string of the molecule is CC[C@H]1OC(=O)[C@H](C)[C@@H](OC(=O)CN2CCOCC2)[C@H](C)[C@@H](O[C@@H]2O[C@H](C)C[C@H](N(C)C)[C@H]2O)C(C)(OC)C[C@@H](C)C(=O)[C@H](C)[C@H]2[C@H](SCCOc3cc(C(=O)Nc4c(Cl)cncc4Cl)ccc3OC)C(=O)O[C@@]21C. The smallest absolute Gasteiger partial charge is 0.320 e. The normalized spacial score (nSPS) is 34.2. The van der Waals surface area contributed by atoms with Crippen LogP contribution in [-0.2, 0) is 52.3 Å². The number of fused-ring (bicyclic) bond motifs is 1. The summed E-state index contributed by atoms with van der Waals surface area (Å²) >= 11 is 13.7. The Morgan fingerprint density at radius 1 is 0.987 bits per heavy atom. The number of aromatic nitrogens is 1. The Hall–Kier alpha value is -3.83. The molecule has 1 unspecified atom stereocenters. The minimum atomic E-state index is -1.50. The zero-order valence-corrected chi connectivity index (χ0v) is 47.5. The van der Waals surface area contributed by atoms with E-state index in [0.717, 1.165) is 0 Å². The second kappa shape index (κ2) is 26.2. The Labute approximate surface area is 454 Å². The van der Waals surface area contributed by atoms with Crippen molar-refractivity contribution in [3.8, 4) is 11.5 Å². The molecule has 4 fully saturated rings. The number of pyridine rings is 1. The van der Waals surface area contributed by atoms with E-state index in [9.17, 15) is 24.3 Å². The number of thioether (sulfide) groups is 1. The lowest BCUT2D eigenvalue weighted by molar-refractivity contribution is -0.301. The lowest BCUT2D eigenvalue weighted by Crippen LogP contribution is -2.60. The van der Waals surface area contributed by atoms with Gasteiger partial charge in [-0.3, -0.25) is 33.9 Å². The Balaban J connectivity index is 1.32. The monoisotopic (exact) mass is 1110 g/mol. The van der Waals surface area contributed by atoms with Crippen LogP contribution in [0.3, 0.4) is 0 Å². The third-order valence-corrected chi connectivity index (χ3v) is 17.2. The van der Waals surface area contributed by atoms with Crippen LogP contribution in [0.1, 0.15) is 85.0 Å². The van der Waals surface area contributed by atoms with E-state index < -0.39 is 101 Å². The van der Waals surface area contributed by atoms with Gasteiger partial charge in [-0.15, -0.1) is 11.8 Å². The van der Waals surface area contributed by atoms with Gasteiger partial charge in [-0.05, 0) is 79.3 Å². The van der Waals surface area contributed by atoms with Crippen molar-refractivity contribution in [1.82, 2.24) is 14.8 Å². The van der Waals surface area contributed by atoms with Crippen molar-refractivity contribution in [3.63, 3.8) is 0 Å². The number of hydrogen-bond donors (Lipinski definition) is 2. The molecule has 22 heteroatoms. The molecule has 19 nitrogen and oxygen atoms in total. The molecule has 4 saturated heterocycles. The van der Waals surface area contributed by atoms with E-state index in [-0.39, 0.29) is 76.7 Å². The molecule has 0 spiro atoms. The summed E-state index contributed by atoms with van der Waals surface area (Å²) in [5, 5.41) is 13.9. The number of morpholine rings is 1. The number of nitrogens with one attached hydrogen (secondary N) is 1. The standard InChI is InChI=1S/C53H76Cl2N4O15S/c1-13-39-53(8)41(46(50(65)74-53)75-21-20-69-38-23-33(14-15-37(38)66-11)48(63)57-42-34(54)25-56-26-35(42)55)30(4)43(61)28(2)24-52(7,67-12)47(73-51-44(62)36(58(9)10)22-29(3)70-51)31(5)45(32(6)49(64)71-39)72-40(60)27-59-16-18-68-19-17-59/h14-15,23,25-26,28-32,36,39,41,44-47,51,62H,13,16-22,24,27H2,1-12H3,(H,56,57,63)/t28-,29-,30-,31+,32-,36+,39-,41+,44-,45+,46+,47-,51+,52?,53-/m1/s1. The highest BCUT2D eigenvalue weighted by molar-refractivity contribution is 8.00. The first-order valence-electron chi connectivity index (χ1n) is 25.7. The van der Waals surface area contributed by atoms with Crippen LogP contribution in [0.15, 0.2) is 30.6 Å². The summed E-state index contributed by atoms with van der Waals surface area (Å²) in [7, 11) is 6.71. The molecule has 1 aromatic heterocycles. The summed E-state index contributed by atoms with van der Waals surface area (Å²) in [5.74, 6) is -6.15. The van der Waals surface area contributed by atoms with Crippen molar-refractivity contribution < 1.29 is 71.7 Å². The number of carbonyl (C=O) groups is 5. The van der Waals surface area contributed by atoms with Crippen LogP contribution in [0, 0.1) is 29.6 Å². The number of nitrogens with zero attached hydrogens (tertiary/aromatic N) is 3. The van der Waals surface area contributed by atoms with Gasteiger partial charge in [-0.25, -0.2) is 0 Å². The molecular weight excluding hydrogens is 1040 g/mol. The molecule has 1 amide bonds. The number of ketones is 1. The van der Waals surface area contributed by atoms with Crippen LogP contribution in [0.5, 0.6) is 11.5 Å². The van der Waals surface area contributed by atoms with Crippen molar-refractivity contribution in [2.75, 3.05) is 78.8 Å². The number of hydrogen-bond acceptors (Lipinski definition) is 19. The number of esters is 3. The van der Waals surface area contributed by atoms with Gasteiger partial charge in [0.05, 0.1) is 72.9 Å². The molecule has 418 valence electrons. The highest BCUT2D eigenvalue weighted by Gasteiger charge is 2.62. The number of halogens is 2. The van der Waals surface area contributed by atoms with Crippen LogP contribution >= 0.6 is 35.0 Å². The number of likely N-dealkylation sites (N-methyl/N-ethyl adjacent to an activating group) is 1. The van der Waals surface area contributed by atoms with Gasteiger partial charge in [0.25, 0.3) is 5.91 Å². The highest BCUT2D eigenvalue weighted by Crippen LogP contribution is 2.49. The fraction of sp³-hybridized carbons (Fsp3) is 0.698. The molecule has 75 heavy (non-hydrogen) atoms. The summed E-state index contributed by atoms with van der Waals surface area (Å²) < 4.78 is 56.0. The maximum Gasteiger partial charge on any atom is 0.320 e. The number of anilines is 1. The van der Waals surface area contributed by atoms with E-state index in [0.29, 0.717) is 38.5 Å². The van der Waals surface area contributed by atoms with Crippen molar-refractivity contribution >= 4 is 70.2 Å². The van der Waals surface area contributed by atoms with Crippen LogP contribution in [-0.4, -0.2) is 182 Å². The Bertz CT molecular complexity index is 2310. The number of methoxy groups -OCH3 is 2. The zero-order chi connectivity index (χ0) is 55.1. The van der Waals surface area contributed by atoms with Gasteiger partial charge in [0, 0.05) is 73.6 Å². The van der Waals surface area contributed by atoms with E-state index in [4.69, 9.17) is 65.8 Å². The van der Waals surface area contributed by atoms with Crippen molar-refractivity contribution in [2.45, 2.75) is 134 Å². The van der Waals surface area contributed by atoms with Crippen LogP contribution in [0.2, 0.25) is 10.0 Å². The lowest BCUT2D eigenvalue weighted by atomic mass is 9.70. The number of amides is 1.